The van der Waals surface area contributed by atoms with E-state index in [2.05, 4.69) is 5.10 Å². The largest absolute Gasteiger partial charge is 0.300 e. The van der Waals surface area contributed by atoms with Crippen molar-refractivity contribution in [3.05, 3.63) is 47.7 Å². The number of Topliss-reactive ketones (excluding diaryl/α,β-unsaturated/α-hetero) is 2. The molecule has 0 aliphatic carbocycles. The third-order valence-corrected chi connectivity index (χ3v) is 2.99. The zero-order chi connectivity index (χ0) is 17.6. The second kappa shape index (κ2) is 8.38. The summed E-state index contributed by atoms with van der Waals surface area (Å²) in [5.41, 5.74) is -0.227. The highest BCUT2D eigenvalue weighted by Gasteiger charge is 2.38. The normalized spacial score (nSPS) is 12.7. The van der Waals surface area contributed by atoms with Crippen molar-refractivity contribution in [3.63, 3.8) is 0 Å². The van der Waals surface area contributed by atoms with E-state index in [0.29, 0.717) is 0 Å². The van der Waals surface area contributed by atoms with E-state index in [4.69, 9.17) is 34.8 Å². The number of rotatable bonds is 6. The summed E-state index contributed by atoms with van der Waals surface area (Å²) in [5.74, 6) is -3.10. The third kappa shape index (κ3) is 6.25. The van der Waals surface area contributed by atoms with Crippen LogP contribution in [0.2, 0.25) is 0 Å². The van der Waals surface area contributed by atoms with E-state index in [0.717, 1.165) is 16.8 Å². The molecule has 0 radical (unpaired) electrons. The van der Waals surface area contributed by atoms with E-state index in [1.807, 2.05) is 0 Å². The number of carbonyl (C=O) groups is 2. The molecule has 0 aliphatic rings. The van der Waals surface area contributed by atoms with E-state index < -0.39 is 27.4 Å². The fraction of sp³-hybridized carbons (Fsp3) is 0.214. The van der Waals surface area contributed by atoms with Crippen molar-refractivity contribution in [2.75, 3.05) is 7.05 Å². The van der Waals surface area contributed by atoms with Crippen LogP contribution in [0, 0.1) is 0 Å². The number of hydrogen-bond acceptors (Lipinski definition) is 4. The molecule has 0 unspecified atom stereocenters. The van der Waals surface area contributed by atoms with Gasteiger partial charge in [-0.05, 0) is 5.56 Å². The van der Waals surface area contributed by atoms with Gasteiger partial charge in [-0.2, -0.15) is 5.10 Å². The van der Waals surface area contributed by atoms with Gasteiger partial charge in [-0.1, -0.05) is 65.1 Å². The second-order valence-electron chi connectivity index (χ2n) is 4.26. The molecule has 0 fully saturated rings. The summed E-state index contributed by atoms with van der Waals surface area (Å²) in [7, 11) is 1.34. The molecule has 1 aromatic rings. The Morgan fingerprint density at radius 1 is 1.22 bits per heavy atom. The van der Waals surface area contributed by atoms with E-state index in [1.165, 1.54) is 13.3 Å². The van der Waals surface area contributed by atoms with Gasteiger partial charge in [0.05, 0.1) is 11.8 Å². The monoisotopic (exact) mass is 382 g/mol. The molecule has 0 spiro atoms. The van der Waals surface area contributed by atoms with Crippen LogP contribution in [0.4, 0.5) is 8.78 Å². The number of allylic oxidation sites excluding steroid dienone is 1. The molecule has 1 rings (SSSR count). The molecule has 0 saturated carbocycles. The topological polar surface area (TPSA) is 49.7 Å². The Labute approximate surface area is 146 Å². The van der Waals surface area contributed by atoms with Crippen LogP contribution in [0.1, 0.15) is 5.56 Å². The van der Waals surface area contributed by atoms with E-state index in [-0.39, 0.29) is 0 Å². The highest BCUT2D eigenvalue weighted by molar-refractivity contribution is 6.78. The van der Waals surface area contributed by atoms with Gasteiger partial charge in [-0.25, -0.2) is 8.78 Å². The first kappa shape index (κ1) is 19.5. The quantitative estimate of drug-likeness (QED) is 0.188. The first-order chi connectivity index (χ1) is 10.6. The van der Waals surface area contributed by atoms with Gasteiger partial charge in [-0.3, -0.25) is 14.6 Å². The summed E-state index contributed by atoms with van der Waals surface area (Å²) in [6, 6.07) is 8.85. The highest BCUT2D eigenvalue weighted by Crippen LogP contribution is 2.31. The van der Waals surface area contributed by atoms with Crippen molar-refractivity contribution in [1.82, 2.24) is 5.01 Å². The van der Waals surface area contributed by atoms with E-state index in [1.54, 1.807) is 30.3 Å². The number of nitrogens with zero attached hydrogens (tertiary/aromatic N) is 2. The average molecular weight is 384 g/mol. The molecule has 0 aromatic heterocycles. The van der Waals surface area contributed by atoms with Crippen LogP contribution in [0.3, 0.4) is 0 Å². The lowest BCUT2D eigenvalue weighted by Crippen LogP contribution is -2.29. The lowest BCUT2D eigenvalue weighted by molar-refractivity contribution is -0.128. The minimum atomic E-state index is -3.41. The maximum absolute atomic E-state index is 12.6. The summed E-state index contributed by atoms with van der Waals surface area (Å²) in [6.45, 7) is 0. The minimum absolute atomic E-state index is 0.724. The van der Waals surface area contributed by atoms with Gasteiger partial charge in [0.1, 0.15) is 0 Å². The van der Waals surface area contributed by atoms with Crippen LogP contribution in [0.15, 0.2) is 47.2 Å². The van der Waals surface area contributed by atoms with E-state index >= 15 is 0 Å². The SMILES string of the molecule is CN(/C=C(\C(=O)C(F)F)C(=O)C(Cl)(Cl)Cl)/N=C/c1ccccc1. The van der Waals surface area contributed by atoms with Gasteiger partial charge >= 0.3 is 6.43 Å². The molecule has 0 atom stereocenters. The summed E-state index contributed by atoms with van der Waals surface area (Å²) in [4.78, 5) is 23.3. The number of ketones is 2. The van der Waals surface area contributed by atoms with Crippen molar-refractivity contribution >= 4 is 52.6 Å². The number of carbonyl (C=O) groups excluding carboxylic acids is 2. The van der Waals surface area contributed by atoms with Crippen molar-refractivity contribution in [2.45, 2.75) is 10.2 Å². The van der Waals surface area contributed by atoms with Crippen LogP contribution in [0.5, 0.6) is 0 Å². The molecule has 9 heteroatoms. The predicted octanol–water partition coefficient (Wildman–Crippen LogP) is 3.61. The first-order valence-corrected chi connectivity index (χ1v) is 7.24. The molecular formula is C14H11Cl3F2N2O2. The Morgan fingerprint density at radius 2 is 1.78 bits per heavy atom. The predicted molar refractivity (Wildman–Crippen MR) is 86.2 cm³/mol. The van der Waals surface area contributed by atoms with Crippen molar-refractivity contribution in [2.24, 2.45) is 5.10 Å². The van der Waals surface area contributed by atoms with Gasteiger partial charge in [0.2, 0.25) is 11.6 Å². The zero-order valence-corrected chi connectivity index (χ0v) is 14.0. The van der Waals surface area contributed by atoms with Crippen molar-refractivity contribution < 1.29 is 18.4 Å². The molecule has 0 heterocycles. The van der Waals surface area contributed by atoms with Crippen LogP contribution in [0.25, 0.3) is 0 Å². The lowest BCUT2D eigenvalue weighted by atomic mass is 10.1. The Hall–Kier alpha value is -1.50. The highest BCUT2D eigenvalue weighted by atomic mass is 35.6. The van der Waals surface area contributed by atoms with Crippen molar-refractivity contribution in [1.29, 1.82) is 0 Å². The maximum Gasteiger partial charge on any atom is 0.300 e. The molecule has 23 heavy (non-hydrogen) atoms. The summed E-state index contributed by atoms with van der Waals surface area (Å²) < 4.78 is 22.7. The maximum atomic E-state index is 12.6. The number of alkyl halides is 5. The number of halogens is 5. The Balaban J connectivity index is 3.06. The van der Waals surface area contributed by atoms with Crippen molar-refractivity contribution in [3.8, 4) is 0 Å². The zero-order valence-electron chi connectivity index (χ0n) is 11.7. The van der Waals surface area contributed by atoms with Gasteiger partial charge in [0, 0.05) is 13.2 Å². The van der Waals surface area contributed by atoms with Gasteiger partial charge in [0.25, 0.3) is 3.79 Å². The second-order valence-corrected chi connectivity index (χ2v) is 6.54. The average Bonchev–Trinajstić information content (AvgIpc) is 2.49. The Morgan fingerprint density at radius 3 is 2.26 bits per heavy atom. The van der Waals surface area contributed by atoms with Gasteiger partial charge in [0.15, 0.2) is 0 Å². The fourth-order valence-corrected chi connectivity index (χ4v) is 1.73. The molecule has 4 nitrogen and oxygen atoms in total. The van der Waals surface area contributed by atoms with Gasteiger partial charge < -0.3 is 0 Å². The minimum Gasteiger partial charge on any atom is -0.289 e. The third-order valence-electron chi connectivity index (χ3n) is 2.47. The molecule has 0 saturated heterocycles. The summed E-state index contributed by atoms with van der Waals surface area (Å²) in [5, 5.41) is 4.89. The molecule has 0 bridgehead atoms. The number of hydrogen-bond donors (Lipinski definition) is 0. The Kier molecular flexibility index (Phi) is 7.12. The standard InChI is InChI=1S/C14H11Cl3F2N2O2/c1-21(20-7-9-5-3-2-4-6-9)8-10(11(22)13(18)19)12(23)14(15,16)17/h2-8,13H,1H3/b10-8+,20-7+. The van der Waals surface area contributed by atoms with Crippen LogP contribution in [-0.4, -0.2) is 40.1 Å². The molecular weight excluding hydrogens is 373 g/mol. The Bertz CT molecular complexity index is 629. The summed E-state index contributed by atoms with van der Waals surface area (Å²) in [6.07, 6.45) is -1.22. The number of hydrazone groups is 1. The van der Waals surface area contributed by atoms with Crippen LogP contribution >= 0.6 is 34.8 Å². The molecule has 1 aromatic carbocycles. The van der Waals surface area contributed by atoms with Gasteiger partial charge in [-0.15, -0.1) is 0 Å². The number of benzene rings is 1. The van der Waals surface area contributed by atoms with E-state index in [9.17, 15) is 18.4 Å². The molecule has 0 amide bonds. The molecule has 0 N–H and O–H groups in total. The smallest absolute Gasteiger partial charge is 0.289 e. The fourth-order valence-electron chi connectivity index (χ4n) is 1.42. The lowest BCUT2D eigenvalue weighted by Gasteiger charge is -2.14. The molecule has 0 aliphatic heterocycles. The first-order valence-electron chi connectivity index (χ1n) is 6.10. The summed E-state index contributed by atoms with van der Waals surface area (Å²) >= 11 is 16.1. The van der Waals surface area contributed by atoms with Crippen LogP contribution in [-0.2, 0) is 9.59 Å². The molecule has 124 valence electrons. The van der Waals surface area contributed by atoms with Crippen LogP contribution < -0.4 is 0 Å².